The van der Waals surface area contributed by atoms with Gasteiger partial charge in [-0.25, -0.2) is 0 Å². The maximum absolute atomic E-state index is 9.74. The van der Waals surface area contributed by atoms with Crippen LogP contribution in [0.4, 0.5) is 5.69 Å². The highest BCUT2D eigenvalue weighted by molar-refractivity contribution is 9.10. The molecule has 0 bridgehead atoms. The van der Waals surface area contributed by atoms with Gasteiger partial charge in [0.05, 0.1) is 23.5 Å². The summed E-state index contributed by atoms with van der Waals surface area (Å²) in [6.45, 7) is 1.94. The number of ether oxygens (including phenoxy) is 1. The van der Waals surface area contributed by atoms with Crippen LogP contribution in [0.15, 0.2) is 39.9 Å². The molecule has 0 saturated heterocycles. The monoisotopic (exact) mass is 368 g/mol. The number of hydrogen-bond acceptors (Lipinski definition) is 4. The van der Waals surface area contributed by atoms with Crippen molar-refractivity contribution in [1.29, 1.82) is 0 Å². The van der Waals surface area contributed by atoms with E-state index in [0.717, 1.165) is 16.8 Å². The molecule has 0 spiro atoms. The van der Waals surface area contributed by atoms with E-state index in [9.17, 15) is 5.11 Å². The van der Waals surface area contributed by atoms with Crippen LogP contribution >= 0.6 is 27.5 Å². The van der Waals surface area contributed by atoms with Gasteiger partial charge < -0.3 is 9.84 Å². The van der Waals surface area contributed by atoms with Crippen molar-refractivity contribution in [3.05, 3.63) is 51.0 Å². The number of benzene rings is 2. The number of nitrogens with one attached hydrogen (secondary N) is 1. The van der Waals surface area contributed by atoms with Crippen LogP contribution in [0.3, 0.4) is 0 Å². The molecule has 110 valence electrons. The van der Waals surface area contributed by atoms with Gasteiger partial charge in [0.25, 0.3) is 0 Å². The smallest absolute Gasteiger partial charge is 0.172 e. The summed E-state index contributed by atoms with van der Waals surface area (Å²) in [4.78, 5) is 0. The van der Waals surface area contributed by atoms with Crippen LogP contribution in [-0.4, -0.2) is 18.4 Å². The first-order chi connectivity index (χ1) is 10.0. The van der Waals surface area contributed by atoms with Gasteiger partial charge in [0.2, 0.25) is 0 Å². The fraction of sp³-hybridized carbons (Fsp3) is 0.133. The van der Waals surface area contributed by atoms with E-state index in [1.807, 2.05) is 25.1 Å². The van der Waals surface area contributed by atoms with Crippen LogP contribution in [0.1, 0.15) is 11.1 Å². The van der Waals surface area contributed by atoms with Crippen molar-refractivity contribution in [1.82, 2.24) is 0 Å². The minimum atomic E-state index is 0.0629. The molecule has 0 aliphatic rings. The molecule has 2 aromatic carbocycles. The number of aryl methyl sites for hydroxylation is 1. The number of rotatable bonds is 4. The highest BCUT2D eigenvalue weighted by atomic mass is 79.9. The first-order valence-electron chi connectivity index (χ1n) is 6.13. The van der Waals surface area contributed by atoms with Crippen molar-refractivity contribution in [2.45, 2.75) is 6.92 Å². The molecule has 0 radical (unpaired) electrons. The maximum atomic E-state index is 9.74. The second-order valence-electron chi connectivity index (χ2n) is 4.39. The van der Waals surface area contributed by atoms with Gasteiger partial charge in [-0.15, -0.1) is 0 Å². The Hall–Kier alpha value is -1.72. The first kappa shape index (κ1) is 15.7. The Bertz CT molecular complexity index is 690. The van der Waals surface area contributed by atoms with E-state index < -0.39 is 0 Å². The number of aromatic hydroxyl groups is 1. The normalized spacial score (nSPS) is 10.9. The lowest BCUT2D eigenvalue weighted by atomic mass is 10.2. The Labute approximate surface area is 136 Å². The van der Waals surface area contributed by atoms with Gasteiger partial charge in [-0.2, -0.15) is 5.10 Å². The van der Waals surface area contributed by atoms with E-state index in [2.05, 4.69) is 26.5 Å². The van der Waals surface area contributed by atoms with Gasteiger partial charge in [-0.1, -0.05) is 17.7 Å². The zero-order valence-electron chi connectivity index (χ0n) is 11.5. The largest absolute Gasteiger partial charge is 0.503 e. The Balaban J connectivity index is 2.14. The average molecular weight is 370 g/mol. The van der Waals surface area contributed by atoms with E-state index in [-0.39, 0.29) is 5.75 Å². The lowest BCUT2D eigenvalue weighted by molar-refractivity contribution is 0.372. The van der Waals surface area contributed by atoms with E-state index in [4.69, 9.17) is 16.3 Å². The SMILES string of the molecule is COc1cc(/C=N/Nc2ccc(C)c(Cl)c2)cc(Br)c1O. The third-order valence-electron chi connectivity index (χ3n) is 2.85. The van der Waals surface area contributed by atoms with Crippen molar-refractivity contribution in [2.24, 2.45) is 5.10 Å². The Morgan fingerprint density at radius 2 is 2.10 bits per heavy atom. The molecule has 0 aliphatic carbocycles. The highest BCUT2D eigenvalue weighted by Gasteiger charge is 2.07. The summed E-state index contributed by atoms with van der Waals surface area (Å²) in [7, 11) is 1.50. The molecule has 0 unspecified atom stereocenters. The van der Waals surface area contributed by atoms with Crippen molar-refractivity contribution in [2.75, 3.05) is 12.5 Å². The number of halogens is 2. The number of hydrogen-bond donors (Lipinski definition) is 2. The molecule has 0 heterocycles. The second-order valence-corrected chi connectivity index (χ2v) is 5.65. The van der Waals surface area contributed by atoms with Crippen LogP contribution in [0, 0.1) is 6.92 Å². The molecule has 21 heavy (non-hydrogen) atoms. The maximum Gasteiger partial charge on any atom is 0.172 e. The summed E-state index contributed by atoms with van der Waals surface area (Å²) in [5, 5.41) is 14.6. The predicted molar refractivity (Wildman–Crippen MR) is 89.8 cm³/mol. The fourth-order valence-electron chi connectivity index (χ4n) is 1.67. The molecule has 2 aromatic rings. The molecule has 0 amide bonds. The molecule has 2 rings (SSSR count). The van der Waals surface area contributed by atoms with E-state index >= 15 is 0 Å². The number of phenolic OH excluding ortho intramolecular Hbond substituents is 1. The number of anilines is 1. The van der Waals surface area contributed by atoms with E-state index in [0.29, 0.717) is 15.2 Å². The quantitative estimate of drug-likeness (QED) is 0.613. The summed E-state index contributed by atoms with van der Waals surface area (Å²) < 4.78 is 5.62. The van der Waals surface area contributed by atoms with Crippen molar-refractivity contribution in [3.63, 3.8) is 0 Å². The third kappa shape index (κ3) is 3.89. The Kier molecular flexibility index (Phi) is 5.09. The molecule has 0 fully saturated rings. The average Bonchev–Trinajstić information content (AvgIpc) is 2.46. The van der Waals surface area contributed by atoms with Gasteiger partial charge in [-0.3, -0.25) is 5.43 Å². The van der Waals surface area contributed by atoms with Crippen LogP contribution in [0.2, 0.25) is 5.02 Å². The van der Waals surface area contributed by atoms with Crippen molar-refractivity contribution >= 4 is 39.4 Å². The molecular formula is C15H14BrClN2O2. The third-order valence-corrected chi connectivity index (χ3v) is 3.86. The second kappa shape index (κ2) is 6.83. The number of nitrogens with zero attached hydrogens (tertiary/aromatic N) is 1. The summed E-state index contributed by atoms with van der Waals surface area (Å²) >= 11 is 9.31. The molecule has 0 aliphatic heterocycles. The molecule has 0 aromatic heterocycles. The minimum Gasteiger partial charge on any atom is -0.503 e. The van der Waals surface area contributed by atoms with Crippen LogP contribution in [-0.2, 0) is 0 Å². The highest BCUT2D eigenvalue weighted by Crippen LogP contribution is 2.34. The van der Waals surface area contributed by atoms with Gasteiger partial charge in [0.1, 0.15) is 0 Å². The predicted octanol–water partition coefficient (Wildman–Crippen LogP) is 4.57. The van der Waals surface area contributed by atoms with E-state index in [1.54, 1.807) is 18.3 Å². The summed E-state index contributed by atoms with van der Waals surface area (Å²) in [5.41, 5.74) is 5.49. The topological polar surface area (TPSA) is 53.8 Å². The fourth-order valence-corrected chi connectivity index (χ4v) is 2.31. The summed E-state index contributed by atoms with van der Waals surface area (Å²) in [5.74, 6) is 0.442. The van der Waals surface area contributed by atoms with Gasteiger partial charge in [0.15, 0.2) is 11.5 Å². The zero-order valence-corrected chi connectivity index (χ0v) is 13.9. The van der Waals surface area contributed by atoms with Gasteiger partial charge in [-0.05, 0) is 58.2 Å². The van der Waals surface area contributed by atoms with E-state index in [1.165, 1.54) is 7.11 Å². The Morgan fingerprint density at radius 3 is 2.76 bits per heavy atom. The lowest BCUT2D eigenvalue weighted by Gasteiger charge is -2.06. The van der Waals surface area contributed by atoms with Crippen LogP contribution < -0.4 is 10.2 Å². The summed E-state index contributed by atoms with van der Waals surface area (Å²) in [6.07, 6.45) is 1.63. The summed E-state index contributed by atoms with van der Waals surface area (Å²) in [6, 6.07) is 9.05. The molecule has 0 atom stereocenters. The standard InChI is InChI=1S/C15H14BrClN2O2/c1-9-3-4-11(7-13(9)17)19-18-8-10-5-12(16)15(20)14(6-10)21-2/h3-8,19-20H,1-2H3/b18-8+. The van der Waals surface area contributed by atoms with Crippen LogP contribution in [0.5, 0.6) is 11.5 Å². The van der Waals surface area contributed by atoms with Gasteiger partial charge in [0, 0.05) is 5.02 Å². The first-order valence-corrected chi connectivity index (χ1v) is 7.30. The molecule has 2 N–H and O–H groups in total. The molecule has 4 nitrogen and oxygen atoms in total. The molecular weight excluding hydrogens is 356 g/mol. The number of phenols is 1. The Morgan fingerprint density at radius 1 is 1.33 bits per heavy atom. The zero-order chi connectivity index (χ0) is 15.4. The van der Waals surface area contributed by atoms with Gasteiger partial charge >= 0.3 is 0 Å². The number of hydrazone groups is 1. The molecule has 6 heteroatoms. The lowest BCUT2D eigenvalue weighted by Crippen LogP contribution is -1.93. The molecule has 0 saturated carbocycles. The van der Waals surface area contributed by atoms with Crippen molar-refractivity contribution < 1.29 is 9.84 Å². The number of methoxy groups -OCH3 is 1. The minimum absolute atomic E-state index is 0.0629. The van der Waals surface area contributed by atoms with Crippen LogP contribution in [0.25, 0.3) is 0 Å². The van der Waals surface area contributed by atoms with Crippen molar-refractivity contribution in [3.8, 4) is 11.5 Å².